The first kappa shape index (κ1) is 5.26. The minimum atomic E-state index is -0.413. The predicted octanol–water partition coefficient (Wildman–Crippen LogP) is 3.17. The minimum absolute atomic E-state index is 0.222. The smallest absolute Gasteiger partial charge is 0.0319 e. The molecule has 0 amide bonds. The zero-order valence-corrected chi connectivity index (χ0v) is 7.84. The first-order valence-corrected chi connectivity index (χ1v) is 5.45. The maximum absolute atomic E-state index is 8.04. The zero-order valence-electron chi connectivity index (χ0n) is 9.03. The molecule has 0 spiro atoms. The second-order valence-electron chi connectivity index (χ2n) is 3.81. The van der Waals surface area contributed by atoms with Crippen molar-refractivity contribution in [1.29, 1.82) is 0 Å². The van der Waals surface area contributed by atoms with Crippen molar-refractivity contribution in [2.45, 2.75) is 4.90 Å². The summed E-state index contributed by atoms with van der Waals surface area (Å²) in [6.45, 7) is 0. The van der Waals surface area contributed by atoms with Crippen LogP contribution < -0.4 is 0 Å². The third-order valence-electron chi connectivity index (χ3n) is 3.05. The van der Waals surface area contributed by atoms with E-state index in [1.165, 1.54) is 9.80 Å². The van der Waals surface area contributed by atoms with E-state index in [4.69, 9.17) is 2.74 Å². The van der Waals surface area contributed by atoms with Crippen molar-refractivity contribution in [2.75, 3.05) is 0 Å². The fourth-order valence-electron chi connectivity index (χ4n) is 2.26. The Morgan fingerprint density at radius 1 is 1.15 bits per heavy atom. The Bertz CT molecular complexity index is 468. The normalized spacial score (nSPS) is 56.2. The van der Waals surface area contributed by atoms with Crippen molar-refractivity contribution >= 4 is 11.8 Å². The highest BCUT2D eigenvalue weighted by Gasteiger charge is 2.77. The lowest BCUT2D eigenvalue weighted by atomic mass is 10.2. The molecule has 2 saturated carbocycles. The van der Waals surface area contributed by atoms with Gasteiger partial charge >= 0.3 is 0 Å². The summed E-state index contributed by atoms with van der Waals surface area (Å²) in [5.41, 5.74) is 0. The van der Waals surface area contributed by atoms with Gasteiger partial charge in [0.25, 0.3) is 0 Å². The number of benzene rings is 1. The molecule has 5 rings (SSSR count). The standard InChI is InChI=1S/C12H10S/c1-2-4-7(5-3-1)13-9-6-8-10-11(8)12(9)10/h1-6,8,10-12H/i10D,11D. The van der Waals surface area contributed by atoms with E-state index in [-0.39, 0.29) is 11.8 Å². The Kier molecular flexibility index (Phi) is 0.822. The molecular weight excluding hydrogens is 176 g/mol. The number of hydrogen-bond acceptors (Lipinski definition) is 1. The molecule has 0 radical (unpaired) electrons. The van der Waals surface area contributed by atoms with E-state index < -0.39 is 11.8 Å². The molecule has 13 heavy (non-hydrogen) atoms. The van der Waals surface area contributed by atoms with Crippen LogP contribution in [0.25, 0.3) is 0 Å². The number of rotatable bonds is 2. The van der Waals surface area contributed by atoms with E-state index in [2.05, 4.69) is 18.2 Å². The number of hydrogen-bond donors (Lipinski definition) is 0. The van der Waals surface area contributed by atoms with Gasteiger partial charge in [-0.25, -0.2) is 0 Å². The van der Waals surface area contributed by atoms with Crippen LogP contribution >= 0.6 is 11.8 Å². The van der Waals surface area contributed by atoms with Gasteiger partial charge in [0.2, 0.25) is 0 Å². The van der Waals surface area contributed by atoms with Crippen LogP contribution in [0.1, 0.15) is 2.74 Å². The van der Waals surface area contributed by atoms with Crippen molar-refractivity contribution < 1.29 is 2.74 Å². The van der Waals surface area contributed by atoms with Gasteiger partial charge in [0.1, 0.15) is 0 Å². The second-order valence-corrected chi connectivity index (χ2v) is 4.95. The molecule has 1 aromatic rings. The first-order chi connectivity index (χ1) is 7.19. The van der Waals surface area contributed by atoms with E-state index in [0.29, 0.717) is 0 Å². The van der Waals surface area contributed by atoms with Crippen LogP contribution in [0.2, 0.25) is 0 Å². The highest BCUT2D eigenvalue weighted by atomic mass is 32.2. The van der Waals surface area contributed by atoms with Crippen molar-refractivity contribution in [2.24, 2.45) is 23.6 Å². The maximum Gasteiger partial charge on any atom is 0.0319 e. The van der Waals surface area contributed by atoms with Gasteiger partial charge in [0.05, 0.1) is 0 Å². The van der Waals surface area contributed by atoms with Crippen LogP contribution in [-0.2, 0) is 0 Å². The van der Waals surface area contributed by atoms with Crippen LogP contribution in [0, 0.1) is 23.6 Å². The number of allylic oxidation sites excluding steroid dienone is 2. The third kappa shape index (κ3) is 0.786. The Morgan fingerprint density at radius 2 is 1.92 bits per heavy atom. The molecule has 1 heteroatoms. The average Bonchev–Trinajstić information content (AvgIpc) is 2.75. The first-order valence-electron chi connectivity index (χ1n) is 5.63. The van der Waals surface area contributed by atoms with E-state index in [1.54, 1.807) is 11.8 Å². The van der Waals surface area contributed by atoms with Gasteiger partial charge < -0.3 is 0 Å². The lowest BCUT2D eigenvalue weighted by Crippen LogP contribution is -1.85. The van der Waals surface area contributed by atoms with Gasteiger partial charge in [0.15, 0.2) is 0 Å². The van der Waals surface area contributed by atoms with Crippen LogP contribution in [0.15, 0.2) is 46.2 Å². The van der Waals surface area contributed by atoms with Gasteiger partial charge in [-0.3, -0.25) is 0 Å². The van der Waals surface area contributed by atoms with Crippen molar-refractivity contribution in [3.05, 3.63) is 41.3 Å². The Hall–Kier alpha value is -0.690. The molecule has 2 unspecified atom stereocenters. The summed E-state index contributed by atoms with van der Waals surface area (Å²) in [5, 5.41) is 0. The third-order valence-corrected chi connectivity index (χ3v) is 4.17. The van der Waals surface area contributed by atoms with Crippen molar-refractivity contribution in [1.82, 2.24) is 0 Å². The Morgan fingerprint density at radius 3 is 2.54 bits per heavy atom. The molecule has 0 nitrogen and oxygen atoms in total. The van der Waals surface area contributed by atoms with Gasteiger partial charge in [0, 0.05) is 7.64 Å². The average molecular weight is 188 g/mol. The van der Waals surface area contributed by atoms with Crippen LogP contribution in [0.4, 0.5) is 0 Å². The Labute approximate surface area is 84.8 Å². The predicted molar refractivity (Wildman–Crippen MR) is 54.3 cm³/mol. The fourth-order valence-corrected chi connectivity index (χ4v) is 3.40. The summed E-state index contributed by atoms with van der Waals surface area (Å²) in [6.07, 6.45) is 2.16. The summed E-state index contributed by atoms with van der Waals surface area (Å²) < 4.78 is 16.1. The molecule has 0 heterocycles. The minimum Gasteiger partial charge on any atom is -0.0946 e. The van der Waals surface area contributed by atoms with Crippen molar-refractivity contribution in [3.63, 3.8) is 0 Å². The second kappa shape index (κ2) is 2.03. The highest BCUT2D eigenvalue weighted by Crippen LogP contribution is 2.82. The summed E-state index contributed by atoms with van der Waals surface area (Å²) in [6, 6.07) is 10.2. The van der Waals surface area contributed by atoms with Crippen LogP contribution in [0.3, 0.4) is 0 Å². The van der Waals surface area contributed by atoms with Crippen LogP contribution in [0.5, 0.6) is 0 Å². The maximum atomic E-state index is 8.04. The lowest BCUT2D eigenvalue weighted by Gasteiger charge is -2.02. The molecule has 64 valence electrons. The molecule has 0 saturated heterocycles. The van der Waals surface area contributed by atoms with Gasteiger partial charge in [-0.15, -0.1) is 0 Å². The van der Waals surface area contributed by atoms with E-state index >= 15 is 0 Å². The van der Waals surface area contributed by atoms with E-state index in [1.807, 2.05) is 18.2 Å². The molecule has 2 fully saturated rings. The van der Waals surface area contributed by atoms with Gasteiger partial charge in [-0.2, -0.15) is 0 Å². The Balaban J connectivity index is 1.60. The highest BCUT2D eigenvalue weighted by molar-refractivity contribution is 8.03. The molecule has 2 bridgehead atoms. The van der Waals surface area contributed by atoms with E-state index in [9.17, 15) is 0 Å². The molecular formula is C12H10S. The molecule has 0 aromatic heterocycles. The van der Waals surface area contributed by atoms with Gasteiger partial charge in [-0.05, 0) is 40.7 Å². The molecule has 2 atom stereocenters. The monoisotopic (exact) mass is 188 g/mol. The van der Waals surface area contributed by atoms with Crippen molar-refractivity contribution in [3.8, 4) is 0 Å². The quantitative estimate of drug-likeness (QED) is 0.687. The SMILES string of the molecule is [2H]C12C3C=C(Sc4ccccc4)C1C32[2H]. The van der Waals surface area contributed by atoms with Gasteiger partial charge in [-0.1, -0.05) is 36.0 Å². The summed E-state index contributed by atoms with van der Waals surface area (Å²) in [5.74, 6) is -0.366. The molecule has 0 aliphatic heterocycles. The summed E-state index contributed by atoms with van der Waals surface area (Å²) in [7, 11) is 0. The zero-order chi connectivity index (χ0) is 10.3. The fraction of sp³-hybridized carbons (Fsp3) is 0.333. The number of thioether (sulfide) groups is 1. The molecule has 0 N–H and O–H groups in total. The lowest BCUT2D eigenvalue weighted by molar-refractivity contribution is 0.687. The molecule has 1 aromatic carbocycles. The van der Waals surface area contributed by atoms with E-state index in [0.717, 1.165) is 0 Å². The molecule has 4 aliphatic carbocycles. The molecule has 4 aliphatic rings. The van der Waals surface area contributed by atoms with Crippen LogP contribution in [-0.4, -0.2) is 0 Å². The largest absolute Gasteiger partial charge is 0.0946 e. The topological polar surface area (TPSA) is 0 Å². The summed E-state index contributed by atoms with van der Waals surface area (Å²) in [4.78, 5) is 2.49. The summed E-state index contributed by atoms with van der Waals surface area (Å²) >= 11 is 1.74.